The van der Waals surface area contributed by atoms with Gasteiger partial charge in [0.15, 0.2) is 0 Å². The number of hydrogen-bond donors (Lipinski definition) is 0. The predicted octanol–water partition coefficient (Wildman–Crippen LogP) is 3.36. The molecule has 2 aliphatic heterocycles. The number of fused-ring (bicyclic) bond motifs is 1. The third-order valence-electron chi connectivity index (χ3n) is 6.27. The lowest BCUT2D eigenvalue weighted by Crippen LogP contribution is -2.29. The Balaban J connectivity index is 1.42. The second-order valence-corrected chi connectivity index (χ2v) is 8.67. The Bertz CT molecular complexity index is 763. The molecule has 0 radical (unpaired) electrons. The summed E-state index contributed by atoms with van der Waals surface area (Å²) in [4.78, 5) is 7.34. The van der Waals surface area contributed by atoms with E-state index < -0.39 is 0 Å². The van der Waals surface area contributed by atoms with Crippen LogP contribution >= 0.6 is 0 Å². The van der Waals surface area contributed by atoms with Gasteiger partial charge in [0.25, 0.3) is 0 Å². The summed E-state index contributed by atoms with van der Waals surface area (Å²) in [5.74, 6) is 2.52. The topological polar surface area (TPSA) is 19.0 Å². The highest BCUT2D eigenvalue weighted by Crippen LogP contribution is 2.44. The first-order valence-corrected chi connectivity index (χ1v) is 10.4. The van der Waals surface area contributed by atoms with E-state index in [1.165, 1.54) is 30.8 Å². The number of likely N-dealkylation sites (tertiary alicyclic amines) is 2. The van der Waals surface area contributed by atoms with Gasteiger partial charge in [0.1, 0.15) is 12.4 Å². The van der Waals surface area contributed by atoms with Gasteiger partial charge in [-0.25, -0.2) is 0 Å². The summed E-state index contributed by atoms with van der Waals surface area (Å²) in [5.41, 5.74) is 2.78. The van der Waals surface area contributed by atoms with Crippen molar-refractivity contribution in [1.82, 2.24) is 14.7 Å². The first kappa shape index (κ1) is 19.4. The van der Waals surface area contributed by atoms with Crippen LogP contribution in [0, 0.1) is 11.8 Å². The molecule has 0 spiro atoms. The zero-order valence-electron chi connectivity index (χ0n) is 17.4. The fraction of sp³-hybridized carbons (Fsp3) is 0.500. The van der Waals surface area contributed by atoms with Crippen LogP contribution in [0.5, 0.6) is 5.75 Å². The van der Waals surface area contributed by atoms with E-state index in [-0.39, 0.29) is 0 Å². The van der Waals surface area contributed by atoms with E-state index in [2.05, 4.69) is 90.4 Å². The summed E-state index contributed by atoms with van der Waals surface area (Å²) < 4.78 is 6.08. The molecule has 0 N–H and O–H groups in total. The monoisotopic (exact) mass is 379 g/mol. The van der Waals surface area contributed by atoms with Gasteiger partial charge in [-0.1, -0.05) is 48.5 Å². The minimum absolute atomic E-state index is 0.544. The Morgan fingerprint density at radius 2 is 1.71 bits per heavy atom. The SMILES string of the molecule is CN(C)CCOc1ccccc1CN1C[C@@H]2CN(C)[C@@H](c3ccccc3)[C@@H]2C1. The maximum absolute atomic E-state index is 6.08. The summed E-state index contributed by atoms with van der Waals surface area (Å²) in [5, 5.41) is 0. The van der Waals surface area contributed by atoms with Crippen molar-refractivity contribution in [2.24, 2.45) is 11.8 Å². The molecule has 2 aromatic carbocycles. The van der Waals surface area contributed by atoms with Crippen LogP contribution < -0.4 is 4.74 Å². The van der Waals surface area contributed by atoms with Crippen LogP contribution in [0.4, 0.5) is 0 Å². The lowest BCUT2D eigenvalue weighted by molar-refractivity contribution is 0.220. The molecule has 0 bridgehead atoms. The average molecular weight is 380 g/mol. The molecule has 4 heteroatoms. The van der Waals surface area contributed by atoms with Crippen LogP contribution in [-0.2, 0) is 6.54 Å². The fourth-order valence-electron chi connectivity index (χ4n) is 4.99. The minimum atomic E-state index is 0.544. The number of nitrogens with zero attached hydrogens (tertiary/aromatic N) is 3. The van der Waals surface area contributed by atoms with E-state index in [1.54, 1.807) is 0 Å². The van der Waals surface area contributed by atoms with Gasteiger partial charge in [-0.3, -0.25) is 9.80 Å². The van der Waals surface area contributed by atoms with Crippen LogP contribution in [0.25, 0.3) is 0 Å². The molecule has 0 amide bonds. The van der Waals surface area contributed by atoms with Gasteiger partial charge in [0.05, 0.1) is 0 Å². The van der Waals surface area contributed by atoms with Crippen molar-refractivity contribution < 1.29 is 4.74 Å². The van der Waals surface area contributed by atoms with Crippen molar-refractivity contribution in [2.45, 2.75) is 12.6 Å². The molecule has 2 aliphatic rings. The second-order valence-electron chi connectivity index (χ2n) is 8.67. The number of rotatable bonds is 7. The number of hydrogen-bond acceptors (Lipinski definition) is 4. The Morgan fingerprint density at radius 3 is 2.50 bits per heavy atom. The quantitative estimate of drug-likeness (QED) is 0.734. The molecular weight excluding hydrogens is 346 g/mol. The largest absolute Gasteiger partial charge is 0.492 e. The van der Waals surface area contributed by atoms with E-state index in [1.807, 2.05) is 0 Å². The van der Waals surface area contributed by atoms with Gasteiger partial charge < -0.3 is 9.64 Å². The molecule has 2 saturated heterocycles. The first-order valence-electron chi connectivity index (χ1n) is 10.4. The van der Waals surface area contributed by atoms with Crippen LogP contribution in [0.3, 0.4) is 0 Å². The highest BCUT2D eigenvalue weighted by molar-refractivity contribution is 5.33. The van der Waals surface area contributed by atoms with E-state index in [0.29, 0.717) is 12.0 Å². The van der Waals surface area contributed by atoms with Crippen LogP contribution in [0.15, 0.2) is 54.6 Å². The fourth-order valence-corrected chi connectivity index (χ4v) is 4.99. The van der Waals surface area contributed by atoms with Gasteiger partial charge >= 0.3 is 0 Å². The molecule has 28 heavy (non-hydrogen) atoms. The molecule has 2 aromatic rings. The Morgan fingerprint density at radius 1 is 0.964 bits per heavy atom. The molecule has 0 aromatic heterocycles. The number of ether oxygens (including phenoxy) is 1. The van der Waals surface area contributed by atoms with E-state index in [9.17, 15) is 0 Å². The van der Waals surface area contributed by atoms with Gasteiger partial charge in [-0.05, 0) is 44.6 Å². The molecular formula is C24H33N3O. The maximum atomic E-state index is 6.08. The van der Waals surface area contributed by atoms with Crippen molar-refractivity contribution in [2.75, 3.05) is 53.9 Å². The summed E-state index contributed by atoms with van der Waals surface area (Å²) in [6.07, 6.45) is 0. The van der Waals surface area contributed by atoms with Crippen molar-refractivity contribution in [1.29, 1.82) is 0 Å². The van der Waals surface area contributed by atoms with Gasteiger partial charge in [-0.15, -0.1) is 0 Å². The molecule has 0 aliphatic carbocycles. The summed E-state index contributed by atoms with van der Waals surface area (Å²) in [7, 11) is 6.45. The predicted molar refractivity (Wildman–Crippen MR) is 115 cm³/mol. The van der Waals surface area contributed by atoms with E-state index in [0.717, 1.165) is 31.4 Å². The molecule has 0 saturated carbocycles. The molecule has 2 heterocycles. The summed E-state index contributed by atoms with van der Waals surface area (Å²) >= 11 is 0. The van der Waals surface area contributed by atoms with Crippen molar-refractivity contribution >= 4 is 0 Å². The maximum Gasteiger partial charge on any atom is 0.123 e. The van der Waals surface area contributed by atoms with Crippen molar-refractivity contribution in [3.63, 3.8) is 0 Å². The molecule has 150 valence electrons. The molecule has 4 rings (SSSR count). The average Bonchev–Trinajstić information content (AvgIpc) is 3.19. The standard InChI is InChI=1S/C24H33N3O/c1-25(2)13-14-28-23-12-8-7-11-20(23)16-27-17-21-15-26(3)24(22(21)18-27)19-9-5-4-6-10-19/h4-12,21-22,24H,13-18H2,1-3H3/t21-,22+,24-/m0/s1. The minimum Gasteiger partial charge on any atom is -0.492 e. The van der Waals surface area contributed by atoms with Gasteiger partial charge in [0.2, 0.25) is 0 Å². The third kappa shape index (κ3) is 4.24. The molecule has 4 nitrogen and oxygen atoms in total. The lowest BCUT2D eigenvalue weighted by atomic mass is 9.90. The third-order valence-corrected chi connectivity index (χ3v) is 6.27. The number of likely N-dealkylation sites (N-methyl/N-ethyl adjacent to an activating group) is 1. The van der Waals surface area contributed by atoms with Crippen LogP contribution in [-0.4, -0.2) is 68.6 Å². The normalized spacial score (nSPS) is 25.4. The smallest absolute Gasteiger partial charge is 0.123 e. The molecule has 3 atom stereocenters. The number of para-hydroxylation sites is 1. The van der Waals surface area contributed by atoms with E-state index >= 15 is 0 Å². The Labute approximate surface area is 169 Å². The zero-order valence-corrected chi connectivity index (χ0v) is 17.4. The first-order chi connectivity index (χ1) is 13.6. The highest BCUT2D eigenvalue weighted by Gasteiger charge is 2.45. The van der Waals surface area contributed by atoms with Crippen LogP contribution in [0.2, 0.25) is 0 Å². The Hall–Kier alpha value is -1.88. The highest BCUT2D eigenvalue weighted by atomic mass is 16.5. The second kappa shape index (κ2) is 8.64. The van der Waals surface area contributed by atoms with Crippen molar-refractivity contribution in [3.05, 3.63) is 65.7 Å². The zero-order chi connectivity index (χ0) is 19.5. The molecule has 0 unspecified atom stereocenters. The van der Waals surface area contributed by atoms with E-state index in [4.69, 9.17) is 4.74 Å². The molecule has 2 fully saturated rings. The summed E-state index contributed by atoms with van der Waals surface area (Å²) in [6.45, 7) is 6.20. The van der Waals surface area contributed by atoms with Gasteiger partial charge in [-0.2, -0.15) is 0 Å². The van der Waals surface area contributed by atoms with Crippen molar-refractivity contribution in [3.8, 4) is 5.75 Å². The Kier molecular flexibility index (Phi) is 6.00. The number of benzene rings is 2. The van der Waals surface area contributed by atoms with Gasteiger partial charge in [0, 0.05) is 44.3 Å². The summed E-state index contributed by atoms with van der Waals surface area (Å²) in [6, 6.07) is 20.1. The lowest BCUT2D eigenvalue weighted by Gasteiger charge is -2.27. The van der Waals surface area contributed by atoms with Crippen LogP contribution in [0.1, 0.15) is 17.2 Å².